The van der Waals surface area contributed by atoms with Crippen molar-refractivity contribution in [3.05, 3.63) is 83.9 Å². The summed E-state index contributed by atoms with van der Waals surface area (Å²) >= 11 is 1.57. The predicted octanol–water partition coefficient (Wildman–Crippen LogP) is 5.91. The van der Waals surface area contributed by atoms with Gasteiger partial charge in [-0.25, -0.2) is 0 Å². The molecule has 1 heterocycles. The van der Waals surface area contributed by atoms with Crippen molar-refractivity contribution < 1.29 is 19.1 Å². The maximum Gasteiger partial charge on any atom is 0.255 e. The number of hydrogen-bond acceptors (Lipinski definition) is 5. The normalized spacial score (nSPS) is 15.3. The van der Waals surface area contributed by atoms with Crippen LogP contribution >= 0.6 is 11.8 Å². The van der Waals surface area contributed by atoms with Gasteiger partial charge in [-0.2, -0.15) is 0 Å². The molecule has 1 aliphatic rings. The summed E-state index contributed by atoms with van der Waals surface area (Å²) in [5.74, 6) is 1.76. The summed E-state index contributed by atoms with van der Waals surface area (Å²) in [7, 11) is 1.62. The van der Waals surface area contributed by atoms with Gasteiger partial charge in [0.1, 0.15) is 16.9 Å². The summed E-state index contributed by atoms with van der Waals surface area (Å²) in [6, 6.07) is 22.3. The molecular formula is C27H28N2O4S. The van der Waals surface area contributed by atoms with Crippen LogP contribution in [-0.2, 0) is 4.79 Å². The molecule has 1 atom stereocenters. The van der Waals surface area contributed by atoms with E-state index in [-0.39, 0.29) is 17.2 Å². The van der Waals surface area contributed by atoms with E-state index >= 15 is 0 Å². The zero-order valence-corrected chi connectivity index (χ0v) is 20.1. The van der Waals surface area contributed by atoms with Crippen molar-refractivity contribution in [2.45, 2.75) is 25.1 Å². The zero-order chi connectivity index (χ0) is 23.9. The van der Waals surface area contributed by atoms with Gasteiger partial charge in [-0.15, -0.1) is 11.8 Å². The Kier molecular flexibility index (Phi) is 7.75. The highest BCUT2D eigenvalue weighted by molar-refractivity contribution is 8.00. The van der Waals surface area contributed by atoms with Gasteiger partial charge in [0.2, 0.25) is 5.91 Å². The van der Waals surface area contributed by atoms with Crippen LogP contribution in [0, 0.1) is 0 Å². The van der Waals surface area contributed by atoms with Crippen LogP contribution in [0.4, 0.5) is 11.4 Å². The molecule has 4 rings (SSSR count). The monoisotopic (exact) mass is 476 g/mol. The topological polar surface area (TPSA) is 67.9 Å². The van der Waals surface area contributed by atoms with Crippen molar-refractivity contribution in [1.82, 2.24) is 0 Å². The molecule has 6 nitrogen and oxygen atoms in total. The fourth-order valence-corrected chi connectivity index (χ4v) is 4.87. The third-order valence-electron chi connectivity index (χ3n) is 5.53. The Labute approximate surface area is 204 Å². The van der Waals surface area contributed by atoms with Crippen molar-refractivity contribution in [2.75, 3.05) is 29.7 Å². The van der Waals surface area contributed by atoms with Crippen molar-refractivity contribution in [3.63, 3.8) is 0 Å². The molecule has 0 saturated carbocycles. The maximum atomic E-state index is 12.8. The average Bonchev–Trinajstić information content (AvgIpc) is 3.26. The zero-order valence-electron chi connectivity index (χ0n) is 19.3. The van der Waals surface area contributed by atoms with Crippen LogP contribution in [0.15, 0.2) is 72.8 Å². The largest absolute Gasteiger partial charge is 0.497 e. The van der Waals surface area contributed by atoms with Gasteiger partial charge in [0, 0.05) is 16.9 Å². The number of carbonyl (C=O) groups excluding carboxylic acids is 2. The molecular weight excluding hydrogens is 448 g/mol. The highest BCUT2D eigenvalue weighted by atomic mass is 32.2. The van der Waals surface area contributed by atoms with E-state index in [1.54, 1.807) is 35.9 Å². The summed E-state index contributed by atoms with van der Waals surface area (Å²) < 4.78 is 10.9. The fourth-order valence-electron chi connectivity index (χ4n) is 3.70. The Bertz CT molecular complexity index is 1130. The number of amides is 2. The molecule has 1 aliphatic heterocycles. The Hall–Kier alpha value is -3.45. The number of carbonyl (C=O) groups is 2. The number of thioether (sulfide) groups is 1. The SMILES string of the molecule is CCCCOc1ccc(C(=O)Nc2cccc(C3SCC(=O)N3c3ccc(OC)cc3)c2)cc1. The van der Waals surface area contributed by atoms with Crippen LogP contribution in [0.5, 0.6) is 11.5 Å². The third-order valence-corrected chi connectivity index (χ3v) is 6.74. The van der Waals surface area contributed by atoms with Crippen molar-refractivity contribution in [2.24, 2.45) is 0 Å². The smallest absolute Gasteiger partial charge is 0.255 e. The highest BCUT2D eigenvalue weighted by Gasteiger charge is 2.34. The number of benzene rings is 3. The van der Waals surface area contributed by atoms with Crippen LogP contribution in [0.1, 0.15) is 41.1 Å². The summed E-state index contributed by atoms with van der Waals surface area (Å²) in [5.41, 5.74) is 3.00. The van der Waals surface area contributed by atoms with E-state index in [1.165, 1.54) is 0 Å². The van der Waals surface area contributed by atoms with Gasteiger partial charge >= 0.3 is 0 Å². The molecule has 1 saturated heterocycles. The number of rotatable bonds is 9. The summed E-state index contributed by atoms with van der Waals surface area (Å²) in [6.07, 6.45) is 2.07. The van der Waals surface area contributed by atoms with E-state index in [0.29, 0.717) is 23.6 Å². The maximum absolute atomic E-state index is 12.8. The molecule has 3 aromatic rings. The van der Waals surface area contributed by atoms with E-state index in [2.05, 4.69) is 12.2 Å². The lowest BCUT2D eigenvalue weighted by molar-refractivity contribution is -0.115. The van der Waals surface area contributed by atoms with Gasteiger partial charge in [0.15, 0.2) is 0 Å². The summed E-state index contributed by atoms with van der Waals surface area (Å²) in [5, 5.41) is 2.80. The second kappa shape index (κ2) is 11.1. The molecule has 34 heavy (non-hydrogen) atoms. The molecule has 176 valence electrons. The number of methoxy groups -OCH3 is 1. The molecule has 7 heteroatoms. The number of hydrogen-bond donors (Lipinski definition) is 1. The molecule has 0 spiro atoms. The lowest BCUT2D eigenvalue weighted by Gasteiger charge is -2.25. The first-order valence-electron chi connectivity index (χ1n) is 11.3. The van der Waals surface area contributed by atoms with Gasteiger partial charge < -0.3 is 14.8 Å². The van der Waals surface area contributed by atoms with Crippen LogP contribution < -0.4 is 19.7 Å². The Morgan fingerprint density at radius 1 is 1.06 bits per heavy atom. The van der Waals surface area contributed by atoms with E-state index in [0.717, 1.165) is 35.6 Å². The fraction of sp³-hybridized carbons (Fsp3) is 0.259. The molecule has 1 N–H and O–H groups in total. The predicted molar refractivity (Wildman–Crippen MR) is 137 cm³/mol. The third kappa shape index (κ3) is 5.54. The first kappa shape index (κ1) is 23.7. The highest BCUT2D eigenvalue weighted by Crippen LogP contribution is 2.42. The van der Waals surface area contributed by atoms with Gasteiger partial charge in [-0.05, 0) is 72.6 Å². The Morgan fingerprint density at radius 2 is 1.79 bits per heavy atom. The average molecular weight is 477 g/mol. The van der Waals surface area contributed by atoms with Crippen molar-refractivity contribution in [3.8, 4) is 11.5 Å². The van der Waals surface area contributed by atoms with E-state index in [4.69, 9.17) is 9.47 Å². The molecule has 0 aliphatic carbocycles. The first-order valence-corrected chi connectivity index (χ1v) is 12.4. The van der Waals surface area contributed by atoms with Crippen LogP contribution in [-0.4, -0.2) is 31.3 Å². The molecule has 1 unspecified atom stereocenters. The van der Waals surface area contributed by atoms with Gasteiger partial charge in [0.05, 0.1) is 19.5 Å². The van der Waals surface area contributed by atoms with Crippen LogP contribution in [0.2, 0.25) is 0 Å². The minimum atomic E-state index is -0.195. The quantitative estimate of drug-likeness (QED) is 0.389. The molecule has 3 aromatic carbocycles. The second-order valence-electron chi connectivity index (χ2n) is 7.93. The van der Waals surface area contributed by atoms with Gasteiger partial charge in [-0.1, -0.05) is 25.5 Å². The molecule has 0 aromatic heterocycles. The number of unbranched alkanes of at least 4 members (excludes halogenated alkanes) is 1. The molecule has 2 amide bonds. The lowest BCUT2D eigenvalue weighted by Crippen LogP contribution is -2.27. The summed E-state index contributed by atoms with van der Waals surface area (Å²) in [4.78, 5) is 27.2. The van der Waals surface area contributed by atoms with Crippen molar-refractivity contribution >= 4 is 35.0 Å². The molecule has 0 bridgehead atoms. The molecule has 1 fully saturated rings. The number of nitrogens with one attached hydrogen (secondary N) is 1. The second-order valence-corrected chi connectivity index (χ2v) is 9.00. The van der Waals surface area contributed by atoms with Crippen LogP contribution in [0.3, 0.4) is 0 Å². The van der Waals surface area contributed by atoms with E-state index in [9.17, 15) is 9.59 Å². The Balaban J connectivity index is 1.46. The van der Waals surface area contributed by atoms with E-state index in [1.807, 2.05) is 60.7 Å². The van der Waals surface area contributed by atoms with Crippen molar-refractivity contribution in [1.29, 1.82) is 0 Å². The Morgan fingerprint density at radius 3 is 2.50 bits per heavy atom. The number of ether oxygens (including phenoxy) is 2. The standard InChI is InChI=1S/C27H28N2O4S/c1-3-4-16-33-24-12-8-19(9-13-24)26(31)28-21-7-5-6-20(17-21)27-29(25(30)18-34-27)22-10-14-23(32-2)15-11-22/h5-15,17,27H,3-4,16,18H2,1-2H3,(H,28,31). The van der Waals surface area contributed by atoms with Crippen LogP contribution in [0.25, 0.3) is 0 Å². The van der Waals surface area contributed by atoms with Gasteiger partial charge in [0.25, 0.3) is 5.91 Å². The number of anilines is 2. The minimum Gasteiger partial charge on any atom is -0.497 e. The minimum absolute atomic E-state index is 0.0517. The first-order chi connectivity index (χ1) is 16.6. The molecule has 0 radical (unpaired) electrons. The lowest BCUT2D eigenvalue weighted by atomic mass is 10.1. The number of nitrogens with zero attached hydrogens (tertiary/aromatic N) is 1. The van der Waals surface area contributed by atoms with Gasteiger partial charge in [-0.3, -0.25) is 14.5 Å². The van der Waals surface area contributed by atoms with E-state index < -0.39 is 0 Å². The summed E-state index contributed by atoms with van der Waals surface area (Å²) in [6.45, 7) is 2.79.